The SMILES string of the molecule is N#CC[C@@H]1C[C@H]2[C@H](CCC[C@H]2NCc2cccc3c2OCO3)O1. The molecule has 23 heavy (non-hydrogen) atoms. The van der Waals surface area contributed by atoms with Gasteiger partial charge < -0.3 is 19.5 Å². The number of para-hydroxylation sites is 1. The van der Waals surface area contributed by atoms with Crippen molar-refractivity contribution >= 4 is 0 Å². The average molecular weight is 314 g/mol. The molecule has 2 heterocycles. The third-order valence-corrected chi connectivity index (χ3v) is 5.25. The standard InChI is InChI=1S/C18H22N2O3/c19-8-7-13-9-14-15(4-2-5-16(14)23-13)20-10-12-3-1-6-17-18(12)22-11-21-17/h1,3,6,13-16,20H,2,4-5,7,9-11H2/t13-,14-,15-,16+/m1/s1. The number of nitrogens with zero attached hydrogens (tertiary/aromatic N) is 1. The van der Waals surface area contributed by atoms with Crippen molar-refractivity contribution in [2.75, 3.05) is 6.79 Å². The zero-order valence-corrected chi connectivity index (χ0v) is 13.2. The topological polar surface area (TPSA) is 63.5 Å². The summed E-state index contributed by atoms with van der Waals surface area (Å²) in [4.78, 5) is 0. The third-order valence-electron chi connectivity index (χ3n) is 5.25. The van der Waals surface area contributed by atoms with Gasteiger partial charge in [-0.05, 0) is 31.7 Å². The Morgan fingerprint density at radius 1 is 1.26 bits per heavy atom. The number of nitrogens with one attached hydrogen (secondary N) is 1. The maximum absolute atomic E-state index is 8.90. The van der Waals surface area contributed by atoms with Gasteiger partial charge in [-0.15, -0.1) is 0 Å². The highest BCUT2D eigenvalue weighted by atomic mass is 16.7. The van der Waals surface area contributed by atoms with Gasteiger partial charge in [-0.1, -0.05) is 12.1 Å². The molecule has 2 aliphatic heterocycles. The molecular formula is C18H22N2O3. The molecule has 1 N–H and O–H groups in total. The molecular weight excluding hydrogens is 292 g/mol. The number of ether oxygens (including phenoxy) is 3. The summed E-state index contributed by atoms with van der Waals surface area (Å²) in [5.74, 6) is 2.23. The van der Waals surface area contributed by atoms with Crippen molar-refractivity contribution in [3.63, 3.8) is 0 Å². The molecule has 1 aromatic rings. The van der Waals surface area contributed by atoms with Gasteiger partial charge in [0.05, 0.1) is 24.7 Å². The lowest BCUT2D eigenvalue weighted by Crippen LogP contribution is -2.42. The fraction of sp³-hybridized carbons (Fsp3) is 0.611. The minimum Gasteiger partial charge on any atom is -0.454 e. The highest BCUT2D eigenvalue weighted by Crippen LogP contribution is 2.39. The van der Waals surface area contributed by atoms with Crippen LogP contribution >= 0.6 is 0 Å². The molecule has 5 nitrogen and oxygen atoms in total. The van der Waals surface area contributed by atoms with Crippen molar-refractivity contribution in [2.24, 2.45) is 5.92 Å². The molecule has 0 unspecified atom stereocenters. The maximum Gasteiger partial charge on any atom is 0.231 e. The van der Waals surface area contributed by atoms with E-state index in [9.17, 15) is 0 Å². The van der Waals surface area contributed by atoms with E-state index in [0.29, 0.717) is 31.3 Å². The van der Waals surface area contributed by atoms with Crippen molar-refractivity contribution in [2.45, 2.75) is 56.9 Å². The summed E-state index contributed by atoms with van der Waals surface area (Å²) in [6, 6.07) is 8.74. The van der Waals surface area contributed by atoms with Gasteiger partial charge in [0, 0.05) is 24.1 Å². The summed E-state index contributed by atoms with van der Waals surface area (Å²) in [5.41, 5.74) is 1.15. The molecule has 1 saturated carbocycles. The van der Waals surface area contributed by atoms with E-state index < -0.39 is 0 Å². The molecule has 2 fully saturated rings. The van der Waals surface area contributed by atoms with E-state index in [1.165, 1.54) is 12.8 Å². The first kappa shape index (κ1) is 14.8. The summed E-state index contributed by atoms with van der Waals surface area (Å²) < 4.78 is 17.1. The van der Waals surface area contributed by atoms with Crippen LogP contribution in [0.5, 0.6) is 11.5 Å². The van der Waals surface area contributed by atoms with E-state index >= 15 is 0 Å². The van der Waals surface area contributed by atoms with Crippen LogP contribution in [0.15, 0.2) is 18.2 Å². The monoisotopic (exact) mass is 314 g/mol. The van der Waals surface area contributed by atoms with Crippen LogP contribution in [0.4, 0.5) is 0 Å². The molecule has 5 heteroatoms. The average Bonchev–Trinajstić information content (AvgIpc) is 3.19. The Kier molecular flexibility index (Phi) is 4.11. The highest BCUT2D eigenvalue weighted by molar-refractivity contribution is 5.48. The van der Waals surface area contributed by atoms with Crippen LogP contribution < -0.4 is 14.8 Å². The predicted molar refractivity (Wildman–Crippen MR) is 84.0 cm³/mol. The first-order valence-corrected chi connectivity index (χ1v) is 8.48. The first-order valence-electron chi connectivity index (χ1n) is 8.48. The van der Waals surface area contributed by atoms with Crippen LogP contribution in [-0.2, 0) is 11.3 Å². The van der Waals surface area contributed by atoms with E-state index in [0.717, 1.165) is 36.4 Å². The second-order valence-corrected chi connectivity index (χ2v) is 6.63. The van der Waals surface area contributed by atoms with E-state index in [4.69, 9.17) is 19.5 Å². The largest absolute Gasteiger partial charge is 0.454 e. The number of hydrogen-bond acceptors (Lipinski definition) is 5. The summed E-state index contributed by atoms with van der Waals surface area (Å²) in [7, 11) is 0. The van der Waals surface area contributed by atoms with Crippen molar-refractivity contribution in [1.82, 2.24) is 5.32 Å². The molecule has 0 bridgehead atoms. The molecule has 0 aromatic heterocycles. The van der Waals surface area contributed by atoms with Gasteiger partial charge in [-0.25, -0.2) is 0 Å². The van der Waals surface area contributed by atoms with Gasteiger partial charge in [0.15, 0.2) is 11.5 Å². The van der Waals surface area contributed by atoms with Crippen LogP contribution in [0.25, 0.3) is 0 Å². The van der Waals surface area contributed by atoms with Gasteiger partial charge in [0.25, 0.3) is 0 Å². The summed E-state index contributed by atoms with van der Waals surface area (Å²) in [5, 5.41) is 12.6. The Hall–Kier alpha value is -1.77. The summed E-state index contributed by atoms with van der Waals surface area (Å²) >= 11 is 0. The van der Waals surface area contributed by atoms with Crippen LogP contribution in [0, 0.1) is 17.2 Å². The Morgan fingerprint density at radius 3 is 3.13 bits per heavy atom. The molecule has 0 spiro atoms. The smallest absolute Gasteiger partial charge is 0.231 e. The van der Waals surface area contributed by atoms with Crippen LogP contribution in [0.2, 0.25) is 0 Å². The minimum absolute atomic E-state index is 0.120. The second kappa shape index (κ2) is 6.38. The van der Waals surface area contributed by atoms with Crippen LogP contribution in [-0.4, -0.2) is 25.0 Å². The molecule has 0 radical (unpaired) electrons. The number of hydrogen-bond donors (Lipinski definition) is 1. The van der Waals surface area contributed by atoms with Gasteiger partial charge in [0.1, 0.15) is 0 Å². The molecule has 1 aromatic carbocycles. The highest BCUT2D eigenvalue weighted by Gasteiger charge is 2.41. The Bertz CT molecular complexity index is 613. The molecule has 4 rings (SSSR count). The summed E-state index contributed by atoms with van der Waals surface area (Å²) in [6.07, 6.45) is 5.44. The van der Waals surface area contributed by atoms with E-state index in [1.54, 1.807) is 0 Å². The molecule has 0 amide bonds. The normalized spacial score (nSPS) is 31.6. The quantitative estimate of drug-likeness (QED) is 0.926. The second-order valence-electron chi connectivity index (χ2n) is 6.63. The van der Waals surface area contributed by atoms with E-state index in [2.05, 4.69) is 17.5 Å². The molecule has 4 atom stereocenters. The zero-order chi connectivity index (χ0) is 15.6. The third kappa shape index (κ3) is 2.89. The molecule has 1 saturated heterocycles. The Labute approximate surface area is 136 Å². The van der Waals surface area contributed by atoms with Gasteiger partial charge in [0.2, 0.25) is 6.79 Å². The number of benzene rings is 1. The van der Waals surface area contributed by atoms with Gasteiger partial charge >= 0.3 is 0 Å². The lowest BCUT2D eigenvalue weighted by molar-refractivity contribution is 0.0139. The lowest BCUT2D eigenvalue weighted by Gasteiger charge is -2.33. The molecule has 3 aliphatic rings. The van der Waals surface area contributed by atoms with Crippen molar-refractivity contribution < 1.29 is 14.2 Å². The van der Waals surface area contributed by atoms with Crippen molar-refractivity contribution in [3.8, 4) is 17.6 Å². The molecule has 1 aliphatic carbocycles. The number of rotatable bonds is 4. The van der Waals surface area contributed by atoms with E-state index in [1.807, 2.05) is 12.1 Å². The van der Waals surface area contributed by atoms with Crippen LogP contribution in [0.3, 0.4) is 0 Å². The van der Waals surface area contributed by atoms with Crippen molar-refractivity contribution in [1.29, 1.82) is 5.26 Å². The first-order chi connectivity index (χ1) is 11.3. The maximum atomic E-state index is 8.90. The lowest BCUT2D eigenvalue weighted by atomic mass is 9.81. The number of fused-ring (bicyclic) bond motifs is 2. The molecule has 122 valence electrons. The minimum atomic E-state index is 0.120. The predicted octanol–water partition coefficient (Wildman–Crippen LogP) is 2.74. The number of nitriles is 1. The summed E-state index contributed by atoms with van der Waals surface area (Å²) in [6.45, 7) is 1.09. The van der Waals surface area contributed by atoms with Crippen molar-refractivity contribution in [3.05, 3.63) is 23.8 Å². The fourth-order valence-electron chi connectivity index (χ4n) is 4.18. The Morgan fingerprint density at radius 2 is 2.22 bits per heavy atom. The fourth-order valence-corrected chi connectivity index (χ4v) is 4.18. The van der Waals surface area contributed by atoms with E-state index in [-0.39, 0.29) is 6.10 Å². The zero-order valence-electron chi connectivity index (χ0n) is 13.2. The van der Waals surface area contributed by atoms with Gasteiger partial charge in [-0.2, -0.15) is 5.26 Å². The Balaban J connectivity index is 1.41. The van der Waals surface area contributed by atoms with Crippen LogP contribution in [0.1, 0.15) is 37.7 Å². The van der Waals surface area contributed by atoms with Gasteiger partial charge in [-0.3, -0.25) is 0 Å².